The number of rotatable bonds is 1. The fourth-order valence-corrected chi connectivity index (χ4v) is 1.80. The summed E-state index contributed by atoms with van der Waals surface area (Å²) in [5, 5.41) is 11.0. The number of hydrogen-bond donors (Lipinski definition) is 0. The van der Waals surface area contributed by atoms with Gasteiger partial charge in [-0.05, 0) is 6.92 Å². The normalized spacial score (nSPS) is 14.3. The van der Waals surface area contributed by atoms with E-state index in [0.717, 1.165) is 0 Å². The van der Waals surface area contributed by atoms with Gasteiger partial charge in [0.2, 0.25) is 0 Å². The summed E-state index contributed by atoms with van der Waals surface area (Å²) in [6.45, 7) is 2.08. The summed E-state index contributed by atoms with van der Waals surface area (Å²) in [7, 11) is 0. The number of ether oxygens (including phenoxy) is 2. The predicted octanol–water partition coefficient (Wildman–Crippen LogP) is 2.42. The molecule has 1 heterocycles. The Bertz CT molecular complexity index is 433. The van der Waals surface area contributed by atoms with Gasteiger partial charge in [0.05, 0.1) is 16.6 Å². The fourth-order valence-electron chi connectivity index (χ4n) is 1.53. The van der Waals surface area contributed by atoms with Crippen molar-refractivity contribution in [2.45, 2.75) is 13.5 Å². The van der Waals surface area contributed by atoms with Gasteiger partial charge >= 0.3 is 0 Å². The molecular formula is C9H8ClNO4. The molecule has 5 nitrogen and oxygen atoms in total. The minimum Gasteiger partial charge on any atom is -0.466 e. The van der Waals surface area contributed by atoms with Crippen molar-refractivity contribution in [1.82, 2.24) is 0 Å². The summed E-state index contributed by atoms with van der Waals surface area (Å²) in [4.78, 5) is 10.3. The van der Waals surface area contributed by atoms with Crippen molar-refractivity contribution >= 4 is 17.3 Å². The van der Waals surface area contributed by atoms with E-state index in [2.05, 4.69) is 0 Å². The summed E-state index contributed by atoms with van der Waals surface area (Å²) < 4.78 is 10.3. The van der Waals surface area contributed by atoms with Crippen LogP contribution in [0.15, 0.2) is 6.07 Å². The Hall–Kier alpha value is -1.33. The molecule has 0 amide bonds. The van der Waals surface area contributed by atoms with Crippen LogP contribution in [0.5, 0.6) is 5.75 Å². The number of fused-ring (bicyclic) bond motifs is 1. The first-order chi connectivity index (χ1) is 7.11. The van der Waals surface area contributed by atoms with Crippen molar-refractivity contribution < 1.29 is 14.4 Å². The van der Waals surface area contributed by atoms with Gasteiger partial charge in [-0.25, -0.2) is 0 Å². The number of hydrogen-bond acceptors (Lipinski definition) is 4. The Labute approximate surface area is 90.7 Å². The lowest BCUT2D eigenvalue weighted by Crippen LogP contribution is -2.13. The van der Waals surface area contributed by atoms with Crippen LogP contribution in [-0.2, 0) is 11.3 Å². The standard InChI is InChI=1S/C9H8ClNO4/c1-5-6-3-14-4-15-9(6)7(10)2-8(5)11(12)13/h2H,3-4H2,1H3. The van der Waals surface area contributed by atoms with Gasteiger partial charge < -0.3 is 9.47 Å². The number of nitrogens with zero attached hydrogens (tertiary/aromatic N) is 1. The molecule has 0 spiro atoms. The van der Waals surface area contributed by atoms with E-state index < -0.39 is 4.92 Å². The molecule has 80 valence electrons. The van der Waals surface area contributed by atoms with Crippen LogP contribution in [0.25, 0.3) is 0 Å². The van der Waals surface area contributed by atoms with E-state index in [1.54, 1.807) is 6.92 Å². The molecule has 1 aromatic rings. The van der Waals surface area contributed by atoms with Crippen LogP contribution >= 0.6 is 11.6 Å². The molecule has 6 heteroatoms. The van der Waals surface area contributed by atoms with Crippen molar-refractivity contribution in [2.75, 3.05) is 6.79 Å². The Morgan fingerprint density at radius 1 is 1.60 bits per heavy atom. The molecule has 0 aromatic heterocycles. The van der Waals surface area contributed by atoms with Crippen molar-refractivity contribution in [1.29, 1.82) is 0 Å². The van der Waals surface area contributed by atoms with Crippen LogP contribution < -0.4 is 4.74 Å². The Morgan fingerprint density at radius 2 is 2.33 bits per heavy atom. The summed E-state index contributed by atoms with van der Waals surface area (Å²) in [5.41, 5.74) is 1.19. The third-order valence-corrected chi connectivity index (χ3v) is 2.60. The number of halogens is 1. The minimum absolute atomic E-state index is 0.00662. The van der Waals surface area contributed by atoms with E-state index in [-0.39, 0.29) is 17.5 Å². The Morgan fingerprint density at radius 3 is 3.00 bits per heavy atom. The molecule has 0 fully saturated rings. The van der Waals surface area contributed by atoms with Crippen molar-refractivity contribution in [3.8, 4) is 5.75 Å². The summed E-state index contributed by atoms with van der Waals surface area (Å²) in [6, 6.07) is 1.31. The lowest BCUT2D eigenvalue weighted by Gasteiger charge is -2.20. The zero-order valence-corrected chi connectivity index (χ0v) is 8.71. The van der Waals surface area contributed by atoms with Crippen molar-refractivity contribution in [3.63, 3.8) is 0 Å². The highest BCUT2D eigenvalue weighted by Crippen LogP contribution is 2.39. The molecule has 0 N–H and O–H groups in total. The van der Waals surface area contributed by atoms with Crippen LogP contribution in [0.1, 0.15) is 11.1 Å². The van der Waals surface area contributed by atoms with E-state index >= 15 is 0 Å². The van der Waals surface area contributed by atoms with Gasteiger partial charge in [0, 0.05) is 17.2 Å². The van der Waals surface area contributed by atoms with Crippen molar-refractivity contribution in [3.05, 3.63) is 32.3 Å². The summed E-state index contributed by atoms with van der Waals surface area (Å²) in [5.74, 6) is 0.492. The molecule has 0 radical (unpaired) electrons. The van der Waals surface area contributed by atoms with Crippen LogP contribution in [0.3, 0.4) is 0 Å². The highest BCUT2D eigenvalue weighted by Gasteiger charge is 2.24. The molecule has 0 unspecified atom stereocenters. The number of nitro groups is 1. The van der Waals surface area contributed by atoms with Crippen LogP contribution in [0, 0.1) is 17.0 Å². The zero-order chi connectivity index (χ0) is 11.0. The molecule has 1 aromatic carbocycles. The molecule has 0 aliphatic carbocycles. The highest BCUT2D eigenvalue weighted by atomic mass is 35.5. The monoisotopic (exact) mass is 229 g/mol. The average molecular weight is 230 g/mol. The molecule has 0 saturated heterocycles. The third kappa shape index (κ3) is 1.64. The van der Waals surface area contributed by atoms with Gasteiger partial charge in [-0.2, -0.15) is 0 Å². The molecule has 15 heavy (non-hydrogen) atoms. The number of benzene rings is 1. The van der Waals surface area contributed by atoms with Gasteiger partial charge in [0.1, 0.15) is 5.75 Å². The molecule has 1 aliphatic heterocycles. The van der Waals surface area contributed by atoms with Crippen LogP contribution in [-0.4, -0.2) is 11.7 Å². The van der Waals surface area contributed by atoms with E-state index in [4.69, 9.17) is 21.1 Å². The lowest BCUT2D eigenvalue weighted by molar-refractivity contribution is -0.385. The van der Waals surface area contributed by atoms with Gasteiger partial charge in [-0.1, -0.05) is 11.6 Å². The zero-order valence-electron chi connectivity index (χ0n) is 7.95. The topological polar surface area (TPSA) is 61.6 Å². The minimum atomic E-state index is -0.462. The largest absolute Gasteiger partial charge is 0.466 e. The second-order valence-corrected chi connectivity index (χ2v) is 3.59. The predicted molar refractivity (Wildman–Crippen MR) is 53.1 cm³/mol. The van der Waals surface area contributed by atoms with Gasteiger partial charge in [0.25, 0.3) is 5.69 Å². The van der Waals surface area contributed by atoms with Gasteiger partial charge in [0.15, 0.2) is 6.79 Å². The Kier molecular flexibility index (Phi) is 2.50. The molecule has 1 aliphatic rings. The summed E-state index contributed by atoms with van der Waals surface area (Å²) >= 11 is 5.88. The first-order valence-corrected chi connectivity index (χ1v) is 4.66. The van der Waals surface area contributed by atoms with Gasteiger partial charge in [-0.3, -0.25) is 10.1 Å². The second-order valence-electron chi connectivity index (χ2n) is 3.18. The van der Waals surface area contributed by atoms with Crippen molar-refractivity contribution in [2.24, 2.45) is 0 Å². The first kappa shape index (κ1) is 10.2. The van der Waals surface area contributed by atoms with E-state index in [0.29, 0.717) is 23.5 Å². The maximum Gasteiger partial charge on any atom is 0.274 e. The first-order valence-electron chi connectivity index (χ1n) is 4.28. The molecule has 0 saturated carbocycles. The van der Waals surface area contributed by atoms with E-state index in [1.807, 2.05) is 0 Å². The second kappa shape index (κ2) is 3.67. The average Bonchev–Trinajstić information content (AvgIpc) is 2.23. The Balaban J connectivity index is 2.64. The van der Waals surface area contributed by atoms with Crippen LogP contribution in [0.2, 0.25) is 5.02 Å². The third-order valence-electron chi connectivity index (χ3n) is 2.32. The molecule has 0 atom stereocenters. The fraction of sp³-hybridized carbons (Fsp3) is 0.333. The summed E-state index contributed by atoms with van der Waals surface area (Å²) in [6.07, 6.45) is 0. The maximum absolute atomic E-state index is 10.7. The molecule has 2 rings (SSSR count). The molecular weight excluding hydrogens is 222 g/mol. The lowest BCUT2D eigenvalue weighted by atomic mass is 10.1. The SMILES string of the molecule is Cc1c([N+](=O)[O-])cc(Cl)c2c1COCO2. The highest BCUT2D eigenvalue weighted by molar-refractivity contribution is 6.32. The van der Waals surface area contributed by atoms with E-state index in [9.17, 15) is 10.1 Å². The molecule has 0 bridgehead atoms. The van der Waals surface area contributed by atoms with E-state index in [1.165, 1.54) is 6.07 Å². The van der Waals surface area contributed by atoms with Gasteiger partial charge in [-0.15, -0.1) is 0 Å². The maximum atomic E-state index is 10.7. The quantitative estimate of drug-likeness (QED) is 0.548. The van der Waals surface area contributed by atoms with Crippen LogP contribution in [0.4, 0.5) is 5.69 Å². The number of nitro benzene ring substituents is 1. The smallest absolute Gasteiger partial charge is 0.274 e.